The highest BCUT2D eigenvalue weighted by Gasteiger charge is 2.04. The lowest BCUT2D eigenvalue weighted by Crippen LogP contribution is -1.81. The minimum absolute atomic E-state index is 1.30. The average Bonchev–Trinajstić information content (AvgIpc) is 2.66. The molecular weight excluding hydrogens is 292 g/mol. The Labute approximate surface area is 140 Å². The van der Waals surface area contributed by atoms with Gasteiger partial charge in [-0.1, -0.05) is 60.7 Å². The second-order valence-electron chi connectivity index (χ2n) is 5.91. The van der Waals surface area contributed by atoms with Crippen molar-refractivity contribution in [3.8, 4) is 0 Å². The van der Waals surface area contributed by atoms with E-state index < -0.39 is 0 Å². The largest absolute Gasteiger partial charge is 0.307 e. The maximum absolute atomic E-state index is 8.00. The minimum Gasteiger partial charge on any atom is -0.307 e. The fourth-order valence-electron chi connectivity index (χ4n) is 3.44. The van der Waals surface area contributed by atoms with E-state index in [0.29, 0.717) is 0 Å². The number of rotatable bonds is 0. The quantitative estimate of drug-likeness (QED) is 0.249. The molecule has 0 radical (unpaired) electrons. The molecule has 0 saturated carbocycles. The third-order valence-electron chi connectivity index (χ3n) is 4.57. The summed E-state index contributed by atoms with van der Waals surface area (Å²) in [4.78, 5) is 8.00. The van der Waals surface area contributed by atoms with Gasteiger partial charge in [-0.05, 0) is 67.4 Å². The van der Waals surface area contributed by atoms with E-state index in [1.165, 1.54) is 43.1 Å². The molecule has 0 fully saturated rings. The molecule has 0 aromatic heterocycles. The van der Waals surface area contributed by atoms with Gasteiger partial charge >= 0.3 is 0 Å². The van der Waals surface area contributed by atoms with Crippen molar-refractivity contribution in [1.29, 1.82) is 0 Å². The van der Waals surface area contributed by atoms with Crippen LogP contribution in [-0.2, 0) is 4.79 Å². The minimum atomic E-state index is 1.30. The second-order valence-corrected chi connectivity index (χ2v) is 5.91. The van der Waals surface area contributed by atoms with Crippen molar-refractivity contribution in [3.63, 3.8) is 0 Å². The van der Waals surface area contributed by atoms with E-state index in [-0.39, 0.29) is 0 Å². The highest BCUT2D eigenvalue weighted by Crippen LogP contribution is 2.32. The average molecular weight is 308 g/mol. The number of hydrogen-bond acceptors (Lipinski definition) is 1. The van der Waals surface area contributed by atoms with Gasteiger partial charge in [0.25, 0.3) is 0 Å². The Morgan fingerprint density at radius 3 is 1.12 bits per heavy atom. The summed E-state index contributed by atoms with van der Waals surface area (Å²) in [6.07, 6.45) is 0. The van der Waals surface area contributed by atoms with Gasteiger partial charge in [0.05, 0.1) is 0 Å². The van der Waals surface area contributed by atoms with Crippen molar-refractivity contribution in [1.82, 2.24) is 0 Å². The zero-order valence-corrected chi connectivity index (χ0v) is 13.2. The fraction of sp³-hybridized carbons (Fsp3) is 0. The molecule has 0 N–H and O–H groups in total. The van der Waals surface area contributed by atoms with Crippen LogP contribution in [0.2, 0.25) is 0 Å². The lowest BCUT2D eigenvalue weighted by atomic mass is 9.96. The lowest BCUT2D eigenvalue weighted by molar-refractivity contribution is -0.0979. The van der Waals surface area contributed by atoms with Crippen molar-refractivity contribution in [2.75, 3.05) is 0 Å². The van der Waals surface area contributed by atoms with Crippen LogP contribution < -0.4 is 0 Å². The highest BCUT2D eigenvalue weighted by atomic mass is 16.1. The summed E-state index contributed by atoms with van der Waals surface area (Å²) in [7, 11) is 0. The summed E-state index contributed by atoms with van der Waals surface area (Å²) in [5.41, 5.74) is 0. The molecular formula is C23H16O. The summed E-state index contributed by atoms with van der Waals surface area (Å²) in [6, 6.07) is 30.8. The zero-order valence-electron chi connectivity index (χ0n) is 13.2. The smallest absolute Gasteiger partial charge is 0.106 e. The molecule has 5 aromatic rings. The summed E-state index contributed by atoms with van der Waals surface area (Å²) < 4.78 is 0. The first-order chi connectivity index (χ1) is 11.9. The third kappa shape index (κ3) is 2.22. The maximum Gasteiger partial charge on any atom is 0.106 e. The molecule has 0 spiro atoms. The Morgan fingerprint density at radius 1 is 0.417 bits per heavy atom. The van der Waals surface area contributed by atoms with Crippen LogP contribution in [0.15, 0.2) is 84.9 Å². The first kappa shape index (κ1) is 14.4. The molecule has 24 heavy (non-hydrogen) atoms. The van der Waals surface area contributed by atoms with Crippen LogP contribution >= 0.6 is 0 Å². The van der Waals surface area contributed by atoms with Crippen LogP contribution in [0, 0.1) is 0 Å². The van der Waals surface area contributed by atoms with E-state index in [9.17, 15) is 0 Å². The predicted octanol–water partition coefficient (Wildman–Crippen LogP) is 6.11. The molecule has 0 aliphatic heterocycles. The summed E-state index contributed by atoms with van der Waals surface area (Å²) >= 11 is 0. The maximum atomic E-state index is 8.00. The fourth-order valence-corrected chi connectivity index (χ4v) is 3.44. The standard InChI is InChI=1S/C22H14.CH2O/c1-3-7-17-13-21-19(11-15(17)5-1)9-10-20-12-16-6-2-4-8-18(16)14-22(20)21;1-2/h1-14H;1H2. The summed E-state index contributed by atoms with van der Waals surface area (Å²) in [6.45, 7) is 2.00. The Bertz CT molecular complexity index is 1090. The molecule has 0 saturated heterocycles. The van der Waals surface area contributed by atoms with E-state index in [0.717, 1.165) is 0 Å². The van der Waals surface area contributed by atoms with Crippen molar-refractivity contribution < 1.29 is 4.79 Å². The van der Waals surface area contributed by atoms with Crippen molar-refractivity contribution >= 4 is 49.9 Å². The van der Waals surface area contributed by atoms with Gasteiger partial charge in [0.15, 0.2) is 0 Å². The van der Waals surface area contributed by atoms with Crippen molar-refractivity contribution in [3.05, 3.63) is 84.9 Å². The van der Waals surface area contributed by atoms with Gasteiger partial charge in [-0.15, -0.1) is 0 Å². The Balaban J connectivity index is 0.000000704. The molecule has 0 aliphatic carbocycles. The van der Waals surface area contributed by atoms with Crippen LogP contribution in [0.4, 0.5) is 0 Å². The first-order valence-electron chi connectivity index (χ1n) is 7.91. The van der Waals surface area contributed by atoms with E-state index in [2.05, 4.69) is 84.9 Å². The van der Waals surface area contributed by atoms with Gasteiger partial charge in [-0.3, -0.25) is 0 Å². The lowest BCUT2D eigenvalue weighted by Gasteiger charge is -2.08. The molecule has 5 rings (SSSR count). The molecule has 0 unspecified atom stereocenters. The van der Waals surface area contributed by atoms with Crippen LogP contribution in [0.5, 0.6) is 0 Å². The molecule has 0 bridgehead atoms. The number of hydrogen-bond donors (Lipinski definition) is 0. The van der Waals surface area contributed by atoms with Crippen LogP contribution in [0.1, 0.15) is 0 Å². The monoisotopic (exact) mass is 308 g/mol. The molecule has 0 aliphatic rings. The van der Waals surface area contributed by atoms with Gasteiger partial charge in [-0.25, -0.2) is 0 Å². The van der Waals surface area contributed by atoms with Crippen LogP contribution in [-0.4, -0.2) is 6.79 Å². The first-order valence-corrected chi connectivity index (χ1v) is 7.91. The van der Waals surface area contributed by atoms with Gasteiger partial charge in [0.1, 0.15) is 6.79 Å². The van der Waals surface area contributed by atoms with Crippen LogP contribution in [0.25, 0.3) is 43.1 Å². The molecule has 0 atom stereocenters. The van der Waals surface area contributed by atoms with Crippen LogP contribution in [0.3, 0.4) is 0 Å². The number of carbonyl (C=O) groups excluding carboxylic acids is 1. The molecule has 0 amide bonds. The summed E-state index contributed by atoms with van der Waals surface area (Å²) in [5.74, 6) is 0. The number of carbonyl (C=O) groups is 1. The normalized spacial score (nSPS) is 10.8. The molecule has 1 heteroatoms. The van der Waals surface area contributed by atoms with Crippen molar-refractivity contribution in [2.24, 2.45) is 0 Å². The second kappa shape index (κ2) is 5.78. The molecule has 5 aromatic carbocycles. The Kier molecular flexibility index (Phi) is 3.47. The SMILES string of the molecule is C=O.c1ccc2cc3c(ccc4cc5ccccc5cc43)cc2c1. The van der Waals surface area contributed by atoms with E-state index in [1.54, 1.807) is 0 Å². The number of fused-ring (bicyclic) bond motifs is 5. The van der Waals surface area contributed by atoms with Gasteiger partial charge in [-0.2, -0.15) is 0 Å². The van der Waals surface area contributed by atoms with Gasteiger partial charge in [0.2, 0.25) is 0 Å². The van der Waals surface area contributed by atoms with E-state index >= 15 is 0 Å². The Morgan fingerprint density at radius 2 is 0.750 bits per heavy atom. The van der Waals surface area contributed by atoms with Crippen molar-refractivity contribution in [2.45, 2.75) is 0 Å². The predicted molar refractivity (Wildman–Crippen MR) is 104 cm³/mol. The topological polar surface area (TPSA) is 17.1 Å². The highest BCUT2D eigenvalue weighted by molar-refractivity contribution is 6.15. The molecule has 114 valence electrons. The van der Waals surface area contributed by atoms with Gasteiger partial charge in [0, 0.05) is 0 Å². The zero-order chi connectivity index (χ0) is 16.5. The van der Waals surface area contributed by atoms with E-state index in [4.69, 9.17) is 4.79 Å². The molecule has 0 heterocycles. The third-order valence-corrected chi connectivity index (χ3v) is 4.57. The molecule has 1 nitrogen and oxygen atoms in total. The van der Waals surface area contributed by atoms with E-state index in [1.807, 2.05) is 6.79 Å². The summed E-state index contributed by atoms with van der Waals surface area (Å²) in [5, 5.41) is 10.5. The van der Waals surface area contributed by atoms with Gasteiger partial charge < -0.3 is 4.79 Å². The number of benzene rings is 5. The Hall–Kier alpha value is -3.19.